The zero-order valence-corrected chi connectivity index (χ0v) is 18.4. The summed E-state index contributed by atoms with van der Waals surface area (Å²) in [5.41, 5.74) is 8.00. The Balaban J connectivity index is 0.00000320. The zero-order valence-electron chi connectivity index (χ0n) is 17.6. The normalized spacial score (nSPS) is 15.2. The van der Waals surface area contributed by atoms with Crippen LogP contribution in [0.25, 0.3) is 0 Å². The van der Waals surface area contributed by atoms with Gasteiger partial charge in [0.1, 0.15) is 0 Å². The number of hydrogen-bond donors (Lipinski definition) is 1. The fraction of sp³-hybridized carbons (Fsp3) is 0.417. The molecule has 162 valence electrons. The first-order valence-electron chi connectivity index (χ1n) is 10.5. The number of likely N-dealkylation sites (tertiary alicyclic amines) is 1. The van der Waals surface area contributed by atoms with E-state index in [9.17, 15) is 9.59 Å². The molecule has 2 N–H and O–H groups in total. The summed E-state index contributed by atoms with van der Waals surface area (Å²) in [7, 11) is 0. The topological polar surface area (TPSA) is 66.6 Å². The van der Waals surface area contributed by atoms with Crippen LogP contribution in [-0.2, 0) is 4.79 Å². The van der Waals surface area contributed by atoms with Crippen molar-refractivity contribution in [3.63, 3.8) is 0 Å². The molecular weight excluding hydrogens is 398 g/mol. The average Bonchev–Trinajstić information content (AvgIpc) is 2.78. The molecule has 2 amide bonds. The molecule has 1 aliphatic heterocycles. The summed E-state index contributed by atoms with van der Waals surface area (Å²) in [6, 6.07) is 19.1. The highest BCUT2D eigenvalue weighted by molar-refractivity contribution is 5.94. The van der Waals surface area contributed by atoms with Gasteiger partial charge >= 0.3 is 0 Å². The van der Waals surface area contributed by atoms with E-state index >= 15 is 0 Å². The van der Waals surface area contributed by atoms with E-state index in [0.717, 1.165) is 36.9 Å². The van der Waals surface area contributed by atoms with Crippen molar-refractivity contribution < 1.29 is 9.59 Å². The molecule has 1 atom stereocenters. The number of carbonyl (C=O) groups excluding carboxylic acids is 2. The molecule has 1 heterocycles. The number of piperidine rings is 1. The Morgan fingerprint density at radius 2 is 1.60 bits per heavy atom. The average molecular weight is 430 g/mol. The fourth-order valence-corrected chi connectivity index (χ4v) is 4.02. The Kier molecular flexibility index (Phi) is 9.34. The van der Waals surface area contributed by atoms with Crippen LogP contribution < -0.4 is 5.73 Å². The van der Waals surface area contributed by atoms with Crippen molar-refractivity contribution in [2.75, 3.05) is 19.6 Å². The highest BCUT2D eigenvalue weighted by Gasteiger charge is 2.30. The molecule has 0 bridgehead atoms. The van der Waals surface area contributed by atoms with Gasteiger partial charge in [-0.2, -0.15) is 0 Å². The van der Waals surface area contributed by atoms with Gasteiger partial charge in [-0.05, 0) is 37.0 Å². The molecule has 1 fully saturated rings. The molecule has 2 aromatic carbocycles. The Bertz CT molecular complexity index is 793. The first-order chi connectivity index (χ1) is 14.1. The maximum Gasteiger partial charge on any atom is 0.253 e. The number of hydrogen-bond acceptors (Lipinski definition) is 3. The van der Waals surface area contributed by atoms with Crippen LogP contribution in [0.5, 0.6) is 0 Å². The molecule has 2 aromatic rings. The number of amides is 2. The molecule has 0 saturated carbocycles. The van der Waals surface area contributed by atoms with Crippen LogP contribution in [0.2, 0.25) is 0 Å². The van der Waals surface area contributed by atoms with Gasteiger partial charge in [0, 0.05) is 43.7 Å². The molecule has 0 aromatic heterocycles. The highest BCUT2D eigenvalue weighted by Crippen LogP contribution is 2.22. The molecular formula is C24H32ClN3O2. The summed E-state index contributed by atoms with van der Waals surface area (Å²) >= 11 is 0. The third-order valence-corrected chi connectivity index (χ3v) is 5.62. The SMILES string of the molecule is CCCN(C(=O)CC(N)c1ccccc1)C1CCN(C(=O)c2ccccc2)CC1.Cl. The molecule has 1 aliphatic rings. The van der Waals surface area contributed by atoms with Crippen molar-refractivity contribution in [3.05, 3.63) is 71.8 Å². The summed E-state index contributed by atoms with van der Waals surface area (Å²) in [5.74, 6) is 0.180. The van der Waals surface area contributed by atoms with Crippen molar-refractivity contribution in [1.82, 2.24) is 9.80 Å². The second-order valence-corrected chi connectivity index (χ2v) is 7.70. The van der Waals surface area contributed by atoms with Crippen molar-refractivity contribution in [2.24, 2.45) is 5.73 Å². The Labute approximate surface area is 185 Å². The number of nitrogens with two attached hydrogens (primary N) is 1. The fourth-order valence-electron chi connectivity index (χ4n) is 4.02. The van der Waals surface area contributed by atoms with Crippen molar-refractivity contribution in [1.29, 1.82) is 0 Å². The van der Waals surface area contributed by atoms with Crippen LogP contribution >= 0.6 is 12.4 Å². The molecule has 6 heteroatoms. The second kappa shape index (κ2) is 11.7. The van der Waals surface area contributed by atoms with Gasteiger partial charge in [0.25, 0.3) is 5.91 Å². The Hall–Kier alpha value is -2.37. The smallest absolute Gasteiger partial charge is 0.253 e. The van der Waals surface area contributed by atoms with Crippen LogP contribution in [0.15, 0.2) is 60.7 Å². The van der Waals surface area contributed by atoms with Gasteiger partial charge in [-0.15, -0.1) is 12.4 Å². The highest BCUT2D eigenvalue weighted by atomic mass is 35.5. The predicted molar refractivity (Wildman–Crippen MR) is 123 cm³/mol. The van der Waals surface area contributed by atoms with E-state index in [1.165, 1.54) is 0 Å². The largest absolute Gasteiger partial charge is 0.340 e. The van der Waals surface area contributed by atoms with Gasteiger partial charge in [-0.25, -0.2) is 0 Å². The quantitative estimate of drug-likeness (QED) is 0.722. The maximum absolute atomic E-state index is 13.0. The minimum Gasteiger partial charge on any atom is -0.340 e. The van der Waals surface area contributed by atoms with Gasteiger partial charge in [-0.1, -0.05) is 55.5 Å². The lowest BCUT2D eigenvalue weighted by atomic mass is 9.99. The van der Waals surface area contributed by atoms with E-state index < -0.39 is 0 Å². The standard InChI is InChI=1S/C24H31N3O2.ClH/c1-2-15-27(23(28)18-22(25)19-9-5-3-6-10-19)21-13-16-26(17-14-21)24(29)20-11-7-4-8-12-20;/h3-12,21-22H,2,13-18,25H2,1H3;1H. The lowest BCUT2D eigenvalue weighted by Crippen LogP contribution is -2.49. The van der Waals surface area contributed by atoms with E-state index in [-0.39, 0.29) is 36.3 Å². The van der Waals surface area contributed by atoms with Crippen molar-refractivity contribution >= 4 is 24.2 Å². The minimum absolute atomic E-state index is 0. The van der Waals surface area contributed by atoms with Crippen LogP contribution in [0.3, 0.4) is 0 Å². The minimum atomic E-state index is -0.289. The third-order valence-electron chi connectivity index (χ3n) is 5.62. The van der Waals surface area contributed by atoms with Crippen LogP contribution in [0.4, 0.5) is 0 Å². The van der Waals surface area contributed by atoms with E-state index in [4.69, 9.17) is 5.73 Å². The number of benzene rings is 2. The van der Waals surface area contributed by atoms with E-state index in [1.54, 1.807) is 0 Å². The van der Waals surface area contributed by atoms with Gasteiger partial charge in [0.2, 0.25) is 5.91 Å². The summed E-state index contributed by atoms with van der Waals surface area (Å²) in [6.07, 6.45) is 2.85. The van der Waals surface area contributed by atoms with Crippen LogP contribution in [-0.4, -0.2) is 47.3 Å². The Morgan fingerprint density at radius 3 is 2.17 bits per heavy atom. The van der Waals surface area contributed by atoms with Crippen LogP contribution in [0, 0.1) is 0 Å². The zero-order chi connectivity index (χ0) is 20.6. The summed E-state index contributed by atoms with van der Waals surface area (Å²) in [5, 5.41) is 0. The molecule has 1 unspecified atom stereocenters. The summed E-state index contributed by atoms with van der Waals surface area (Å²) < 4.78 is 0. The van der Waals surface area contributed by atoms with Gasteiger partial charge in [0.05, 0.1) is 0 Å². The van der Waals surface area contributed by atoms with Gasteiger partial charge in [0.15, 0.2) is 0 Å². The molecule has 0 spiro atoms. The first kappa shape index (κ1) is 23.9. The van der Waals surface area contributed by atoms with E-state index in [1.807, 2.05) is 70.5 Å². The third kappa shape index (κ3) is 6.07. The lowest BCUT2D eigenvalue weighted by molar-refractivity contribution is -0.134. The number of rotatable bonds is 7. The summed E-state index contributed by atoms with van der Waals surface area (Å²) in [6.45, 7) is 4.18. The molecule has 0 aliphatic carbocycles. The Morgan fingerprint density at radius 1 is 1.03 bits per heavy atom. The molecule has 0 radical (unpaired) electrons. The molecule has 1 saturated heterocycles. The van der Waals surface area contributed by atoms with Gasteiger partial charge in [-0.3, -0.25) is 9.59 Å². The molecule has 3 rings (SSSR count). The number of nitrogens with zero attached hydrogens (tertiary/aromatic N) is 2. The molecule has 5 nitrogen and oxygen atoms in total. The first-order valence-corrected chi connectivity index (χ1v) is 10.5. The van der Waals surface area contributed by atoms with Gasteiger partial charge < -0.3 is 15.5 Å². The number of carbonyl (C=O) groups is 2. The van der Waals surface area contributed by atoms with Crippen molar-refractivity contribution in [3.8, 4) is 0 Å². The number of halogens is 1. The van der Waals surface area contributed by atoms with Crippen molar-refractivity contribution in [2.45, 2.75) is 44.7 Å². The second-order valence-electron chi connectivity index (χ2n) is 7.70. The van der Waals surface area contributed by atoms with Crippen LogP contribution in [0.1, 0.15) is 54.6 Å². The summed E-state index contributed by atoms with van der Waals surface area (Å²) in [4.78, 5) is 29.6. The maximum atomic E-state index is 13.0. The lowest BCUT2D eigenvalue weighted by Gasteiger charge is -2.39. The monoisotopic (exact) mass is 429 g/mol. The van der Waals surface area contributed by atoms with E-state index in [0.29, 0.717) is 19.5 Å². The van der Waals surface area contributed by atoms with E-state index in [2.05, 4.69) is 6.92 Å². The molecule has 30 heavy (non-hydrogen) atoms. The predicted octanol–water partition coefficient (Wildman–Crippen LogP) is 4.04.